The predicted molar refractivity (Wildman–Crippen MR) is 132 cm³/mol. The Hall–Kier alpha value is -3.22. The van der Waals surface area contributed by atoms with E-state index in [0.29, 0.717) is 18.7 Å². The van der Waals surface area contributed by atoms with E-state index in [4.69, 9.17) is 0 Å². The summed E-state index contributed by atoms with van der Waals surface area (Å²) in [6.07, 6.45) is 2.74. The monoisotopic (exact) mass is 483 g/mol. The number of urea groups is 1. The van der Waals surface area contributed by atoms with E-state index in [1.807, 2.05) is 59.8 Å². The lowest BCUT2D eigenvalue weighted by atomic mass is 9.94. The van der Waals surface area contributed by atoms with Crippen molar-refractivity contribution in [2.45, 2.75) is 71.3 Å². The van der Waals surface area contributed by atoms with Crippen molar-refractivity contribution < 1.29 is 18.0 Å². The number of rotatable bonds is 6. The molecule has 1 saturated carbocycles. The first-order valence-corrected chi connectivity index (χ1v) is 12.2. The quantitative estimate of drug-likeness (QED) is 0.386. The van der Waals surface area contributed by atoms with Crippen LogP contribution in [-0.4, -0.2) is 21.5 Å². The Balaban J connectivity index is 1.57. The van der Waals surface area contributed by atoms with E-state index in [9.17, 15) is 18.0 Å². The molecular formula is C28H32F3N3O. The van der Waals surface area contributed by atoms with Crippen LogP contribution in [0.25, 0.3) is 0 Å². The third-order valence-electron chi connectivity index (χ3n) is 6.85. The van der Waals surface area contributed by atoms with E-state index in [-0.39, 0.29) is 12.1 Å². The van der Waals surface area contributed by atoms with Crippen LogP contribution in [0, 0.1) is 13.8 Å². The highest BCUT2D eigenvalue weighted by Crippen LogP contribution is 2.30. The van der Waals surface area contributed by atoms with E-state index in [1.54, 1.807) is 6.07 Å². The summed E-state index contributed by atoms with van der Waals surface area (Å²) in [6, 6.07) is 15.2. The summed E-state index contributed by atoms with van der Waals surface area (Å²) in [5.74, 6) is 0. The van der Waals surface area contributed by atoms with Crippen molar-refractivity contribution in [1.82, 2.24) is 9.47 Å². The number of anilines is 1. The molecule has 0 unspecified atom stereocenters. The third-order valence-corrected chi connectivity index (χ3v) is 6.85. The molecule has 0 saturated heterocycles. The molecule has 4 nitrogen and oxygen atoms in total. The van der Waals surface area contributed by atoms with Crippen molar-refractivity contribution in [3.8, 4) is 0 Å². The van der Waals surface area contributed by atoms with Gasteiger partial charge in [0.1, 0.15) is 0 Å². The van der Waals surface area contributed by atoms with E-state index < -0.39 is 11.7 Å². The summed E-state index contributed by atoms with van der Waals surface area (Å²) in [5, 5.41) is 3.13. The molecule has 0 spiro atoms. The number of para-hydroxylation sites is 1. The van der Waals surface area contributed by atoms with Gasteiger partial charge in [-0.3, -0.25) is 0 Å². The standard InChI is InChI=1S/C28H32F3N3O/c1-20-9-6-10-21(2)26(20)32-27(35)34(24-13-4-3-5-14-24)19-25-15-8-16-33(25)18-22-11-7-12-23(17-22)28(29,30)31/h6-12,15-17,24H,3-5,13-14,18-19H2,1-2H3,(H,32,35). The lowest BCUT2D eigenvalue weighted by Gasteiger charge is -2.35. The molecule has 0 bridgehead atoms. The summed E-state index contributed by atoms with van der Waals surface area (Å²) in [6.45, 7) is 4.66. The van der Waals surface area contributed by atoms with Crippen LogP contribution in [0.2, 0.25) is 0 Å². The largest absolute Gasteiger partial charge is 0.416 e. The molecule has 1 aromatic heterocycles. The van der Waals surface area contributed by atoms with E-state index in [0.717, 1.165) is 54.3 Å². The SMILES string of the molecule is Cc1cccc(C)c1NC(=O)N(Cc1cccn1Cc1cccc(C(F)(F)F)c1)C1CCCCC1. The number of hydrogen-bond acceptors (Lipinski definition) is 1. The summed E-state index contributed by atoms with van der Waals surface area (Å²) in [5.41, 5.74) is 3.66. The van der Waals surface area contributed by atoms with Crippen molar-refractivity contribution >= 4 is 11.7 Å². The van der Waals surface area contributed by atoms with Crippen LogP contribution in [0.15, 0.2) is 60.8 Å². The highest BCUT2D eigenvalue weighted by molar-refractivity contribution is 5.91. The molecule has 35 heavy (non-hydrogen) atoms. The topological polar surface area (TPSA) is 37.3 Å². The molecule has 2 amide bonds. The highest BCUT2D eigenvalue weighted by atomic mass is 19.4. The molecule has 3 aromatic rings. The normalized spacial score (nSPS) is 14.7. The van der Waals surface area contributed by atoms with Crippen LogP contribution in [0.1, 0.15) is 60.1 Å². The lowest BCUT2D eigenvalue weighted by Crippen LogP contribution is -2.44. The van der Waals surface area contributed by atoms with Crippen molar-refractivity contribution in [3.63, 3.8) is 0 Å². The third kappa shape index (κ3) is 6.08. The zero-order chi connectivity index (χ0) is 25.0. The van der Waals surface area contributed by atoms with Crippen LogP contribution in [-0.2, 0) is 19.3 Å². The number of hydrogen-bond donors (Lipinski definition) is 1. The molecule has 4 rings (SSSR count). The van der Waals surface area contributed by atoms with Gasteiger partial charge in [-0.2, -0.15) is 13.2 Å². The van der Waals surface area contributed by atoms with Gasteiger partial charge >= 0.3 is 12.2 Å². The second kappa shape index (κ2) is 10.6. The number of halogens is 3. The highest BCUT2D eigenvalue weighted by Gasteiger charge is 2.30. The molecule has 1 aliphatic rings. The summed E-state index contributed by atoms with van der Waals surface area (Å²) < 4.78 is 41.4. The molecule has 1 fully saturated rings. The minimum absolute atomic E-state index is 0.130. The van der Waals surface area contributed by atoms with E-state index in [1.165, 1.54) is 18.6 Å². The first-order valence-electron chi connectivity index (χ1n) is 12.2. The first kappa shape index (κ1) is 24.9. The Morgan fingerprint density at radius 3 is 2.37 bits per heavy atom. The number of carbonyl (C=O) groups excluding carboxylic acids is 1. The first-order chi connectivity index (χ1) is 16.7. The Morgan fingerprint density at radius 2 is 1.69 bits per heavy atom. The predicted octanol–water partition coefficient (Wildman–Crippen LogP) is 7.54. The molecular weight excluding hydrogens is 451 g/mol. The molecule has 7 heteroatoms. The van der Waals surface area contributed by atoms with Gasteiger partial charge in [0.25, 0.3) is 0 Å². The van der Waals surface area contributed by atoms with Gasteiger partial charge in [0.15, 0.2) is 0 Å². The minimum atomic E-state index is -4.38. The number of nitrogens with one attached hydrogen (secondary N) is 1. The van der Waals surface area contributed by atoms with Gasteiger partial charge in [0, 0.05) is 30.2 Å². The number of alkyl halides is 3. The average Bonchev–Trinajstić information content (AvgIpc) is 3.26. The number of aryl methyl sites for hydroxylation is 2. The maximum absolute atomic E-state index is 13.5. The van der Waals surface area contributed by atoms with Gasteiger partial charge in [-0.25, -0.2) is 4.79 Å². The summed E-state index contributed by atoms with van der Waals surface area (Å²) >= 11 is 0. The fourth-order valence-corrected chi connectivity index (χ4v) is 4.91. The Morgan fingerprint density at radius 1 is 1.00 bits per heavy atom. The molecule has 1 N–H and O–H groups in total. The number of amides is 2. The Kier molecular flexibility index (Phi) is 7.53. The van der Waals surface area contributed by atoms with Crippen LogP contribution < -0.4 is 5.32 Å². The van der Waals surface area contributed by atoms with Crippen LogP contribution in [0.4, 0.5) is 23.7 Å². The van der Waals surface area contributed by atoms with Crippen LogP contribution in [0.3, 0.4) is 0 Å². The molecule has 1 aliphatic carbocycles. The van der Waals surface area contributed by atoms with Crippen molar-refractivity contribution in [2.24, 2.45) is 0 Å². The van der Waals surface area contributed by atoms with Crippen LogP contribution in [0.5, 0.6) is 0 Å². The van der Waals surface area contributed by atoms with Gasteiger partial charge in [-0.05, 0) is 67.6 Å². The number of benzene rings is 2. The van der Waals surface area contributed by atoms with Gasteiger partial charge in [-0.1, -0.05) is 49.6 Å². The minimum Gasteiger partial charge on any atom is -0.345 e. The lowest BCUT2D eigenvalue weighted by molar-refractivity contribution is -0.137. The Labute approximate surface area is 204 Å². The molecule has 0 atom stereocenters. The summed E-state index contributed by atoms with van der Waals surface area (Å²) in [7, 11) is 0. The smallest absolute Gasteiger partial charge is 0.345 e. The average molecular weight is 484 g/mol. The molecule has 186 valence electrons. The van der Waals surface area contributed by atoms with Crippen molar-refractivity contribution in [3.05, 3.63) is 88.7 Å². The molecule has 1 heterocycles. The van der Waals surface area contributed by atoms with E-state index >= 15 is 0 Å². The van der Waals surface area contributed by atoms with Gasteiger partial charge in [0.05, 0.1) is 12.1 Å². The zero-order valence-electron chi connectivity index (χ0n) is 20.2. The maximum Gasteiger partial charge on any atom is 0.416 e. The van der Waals surface area contributed by atoms with Crippen molar-refractivity contribution in [1.29, 1.82) is 0 Å². The van der Waals surface area contributed by atoms with Crippen molar-refractivity contribution in [2.75, 3.05) is 5.32 Å². The van der Waals surface area contributed by atoms with Gasteiger partial charge < -0.3 is 14.8 Å². The van der Waals surface area contributed by atoms with Crippen LogP contribution >= 0.6 is 0 Å². The molecule has 2 aromatic carbocycles. The second-order valence-corrected chi connectivity index (χ2v) is 9.44. The Bertz CT molecular complexity index is 1140. The number of nitrogens with zero attached hydrogens (tertiary/aromatic N) is 2. The van der Waals surface area contributed by atoms with Gasteiger partial charge in [0.2, 0.25) is 0 Å². The van der Waals surface area contributed by atoms with E-state index in [2.05, 4.69) is 5.32 Å². The summed E-state index contributed by atoms with van der Waals surface area (Å²) in [4.78, 5) is 15.5. The zero-order valence-corrected chi connectivity index (χ0v) is 20.2. The fraction of sp³-hybridized carbons (Fsp3) is 0.393. The number of aromatic nitrogens is 1. The molecule has 0 aliphatic heterocycles. The molecule has 0 radical (unpaired) electrons. The fourth-order valence-electron chi connectivity index (χ4n) is 4.91. The van der Waals surface area contributed by atoms with Gasteiger partial charge in [-0.15, -0.1) is 0 Å². The second-order valence-electron chi connectivity index (χ2n) is 9.44. The maximum atomic E-state index is 13.5. The number of carbonyl (C=O) groups is 1.